The van der Waals surface area contributed by atoms with Gasteiger partial charge in [-0.2, -0.15) is 0 Å². The van der Waals surface area contributed by atoms with Gasteiger partial charge in [0, 0.05) is 22.1 Å². The van der Waals surface area contributed by atoms with E-state index in [0.717, 1.165) is 28.2 Å². The molecule has 0 aromatic heterocycles. The summed E-state index contributed by atoms with van der Waals surface area (Å²) >= 11 is 1.78. The summed E-state index contributed by atoms with van der Waals surface area (Å²) in [5, 5.41) is 0. The van der Waals surface area contributed by atoms with Crippen LogP contribution in [0.1, 0.15) is 54.4 Å². The Morgan fingerprint density at radius 2 is 2.09 bits per heavy atom. The molecule has 3 rings (SSSR count). The fraction of sp³-hybridized carbons (Fsp3) is 0.556. The van der Waals surface area contributed by atoms with Crippen molar-refractivity contribution in [2.75, 3.05) is 12.9 Å². The highest BCUT2D eigenvalue weighted by Gasteiger charge is 2.35. The second-order valence-electron chi connectivity index (χ2n) is 6.33. The Morgan fingerprint density at radius 3 is 2.86 bits per heavy atom. The minimum atomic E-state index is -0.295. The first-order valence-corrected chi connectivity index (χ1v) is 8.99. The number of ketones is 1. The summed E-state index contributed by atoms with van der Waals surface area (Å²) in [6, 6.07) is 5.83. The smallest absolute Gasteiger partial charge is 0.312 e. The van der Waals surface area contributed by atoms with Gasteiger partial charge in [0.25, 0.3) is 0 Å². The number of hydrogen-bond acceptors (Lipinski definition) is 4. The molecule has 1 aromatic carbocycles. The van der Waals surface area contributed by atoms with Crippen LogP contribution in [-0.4, -0.2) is 24.6 Å². The number of fused-ring (bicyclic) bond motifs is 2. The lowest BCUT2D eigenvalue weighted by Crippen LogP contribution is -2.27. The number of methoxy groups -OCH3 is 1. The molecule has 1 fully saturated rings. The molecule has 0 spiro atoms. The maximum absolute atomic E-state index is 12.8. The monoisotopic (exact) mass is 318 g/mol. The number of thioether (sulfide) groups is 1. The third-order valence-electron chi connectivity index (χ3n) is 5.02. The summed E-state index contributed by atoms with van der Waals surface area (Å²) in [6.07, 6.45) is 4.62. The zero-order valence-electron chi connectivity index (χ0n) is 13.1. The van der Waals surface area contributed by atoms with Crippen molar-refractivity contribution in [1.82, 2.24) is 0 Å². The number of carbonyl (C=O) groups is 2. The fourth-order valence-electron chi connectivity index (χ4n) is 3.59. The predicted octanol–water partition coefficient (Wildman–Crippen LogP) is 4.06. The van der Waals surface area contributed by atoms with Crippen molar-refractivity contribution >= 4 is 23.5 Å². The van der Waals surface area contributed by atoms with Crippen LogP contribution in [0.3, 0.4) is 0 Å². The summed E-state index contributed by atoms with van der Waals surface area (Å²) < 4.78 is 4.82. The van der Waals surface area contributed by atoms with Crippen LogP contribution in [0.15, 0.2) is 23.1 Å². The number of carbonyl (C=O) groups excluding carboxylic acids is 2. The van der Waals surface area contributed by atoms with Crippen LogP contribution in [0.25, 0.3) is 0 Å². The highest BCUT2D eigenvalue weighted by molar-refractivity contribution is 7.99. The quantitative estimate of drug-likeness (QED) is 0.771. The number of rotatable bonds is 2. The molecule has 0 N–H and O–H groups in total. The molecule has 0 amide bonds. The maximum Gasteiger partial charge on any atom is 0.312 e. The molecule has 1 aliphatic carbocycles. The number of ether oxygens (including phenoxy) is 1. The Morgan fingerprint density at radius 1 is 1.32 bits per heavy atom. The van der Waals surface area contributed by atoms with Crippen LogP contribution < -0.4 is 0 Å². The summed E-state index contributed by atoms with van der Waals surface area (Å²) in [4.78, 5) is 25.6. The van der Waals surface area contributed by atoms with Gasteiger partial charge in [-0.25, -0.2) is 0 Å². The molecular formula is C18H22O3S. The number of hydrogen-bond donors (Lipinski definition) is 0. The normalized spacial score (nSPS) is 25.6. The molecular weight excluding hydrogens is 296 g/mol. The molecule has 2 aliphatic rings. The van der Waals surface area contributed by atoms with Crippen LogP contribution in [0.4, 0.5) is 0 Å². The molecule has 1 aromatic rings. The van der Waals surface area contributed by atoms with E-state index in [1.165, 1.54) is 26.4 Å². The van der Waals surface area contributed by atoms with E-state index in [2.05, 4.69) is 0 Å². The van der Waals surface area contributed by atoms with E-state index in [4.69, 9.17) is 4.74 Å². The van der Waals surface area contributed by atoms with E-state index in [1.54, 1.807) is 11.8 Å². The number of benzene rings is 1. The molecule has 118 valence electrons. The van der Waals surface area contributed by atoms with E-state index < -0.39 is 0 Å². The molecule has 0 saturated heterocycles. The van der Waals surface area contributed by atoms with Gasteiger partial charge in [-0.1, -0.05) is 18.9 Å². The minimum Gasteiger partial charge on any atom is -0.469 e. The second-order valence-corrected chi connectivity index (χ2v) is 7.39. The molecule has 22 heavy (non-hydrogen) atoms. The van der Waals surface area contributed by atoms with Gasteiger partial charge in [0.15, 0.2) is 5.78 Å². The lowest BCUT2D eigenvalue weighted by Gasteiger charge is -2.28. The van der Waals surface area contributed by atoms with Gasteiger partial charge in [0.05, 0.1) is 13.0 Å². The first-order chi connectivity index (χ1) is 10.6. The van der Waals surface area contributed by atoms with Crippen molar-refractivity contribution in [2.24, 2.45) is 11.8 Å². The zero-order chi connectivity index (χ0) is 15.7. The summed E-state index contributed by atoms with van der Waals surface area (Å²) in [7, 11) is 1.41. The summed E-state index contributed by atoms with van der Waals surface area (Å²) in [5.41, 5.74) is 1.77. The van der Waals surface area contributed by atoms with Gasteiger partial charge in [-0.15, -0.1) is 11.8 Å². The molecule has 0 bridgehead atoms. The Hall–Kier alpha value is -1.29. The largest absolute Gasteiger partial charge is 0.469 e. The standard InChI is InChI=1S/C18H22O3S/c1-11(18(20)21-2)12-7-8-15-16(9-12)22-10-13-5-3-4-6-14(13)17(15)19/h7-9,11,13-14H,3-6,10H2,1-2H3/t11?,13-,14+/m1/s1. The number of Topliss-reactive ketones (excluding diaryl/α,β-unsaturated/α-hetero) is 1. The average Bonchev–Trinajstić information content (AvgIpc) is 2.71. The maximum atomic E-state index is 12.8. The SMILES string of the molecule is COC(=O)C(C)c1ccc2c(c1)SC[C@H]1CCCC[C@@H]1C2=O. The molecule has 3 atom stereocenters. The van der Waals surface area contributed by atoms with Crippen LogP contribution >= 0.6 is 11.8 Å². The highest BCUT2D eigenvalue weighted by atomic mass is 32.2. The van der Waals surface area contributed by atoms with Crippen molar-refractivity contribution in [1.29, 1.82) is 0 Å². The van der Waals surface area contributed by atoms with Crippen LogP contribution in [0.5, 0.6) is 0 Å². The van der Waals surface area contributed by atoms with Crippen LogP contribution in [0.2, 0.25) is 0 Å². The summed E-state index contributed by atoms with van der Waals surface area (Å²) in [5.74, 6) is 1.50. The Balaban J connectivity index is 1.92. The zero-order valence-corrected chi connectivity index (χ0v) is 13.9. The molecule has 1 unspecified atom stereocenters. The van der Waals surface area contributed by atoms with Crippen molar-refractivity contribution < 1.29 is 14.3 Å². The Kier molecular flexibility index (Phi) is 4.57. The van der Waals surface area contributed by atoms with Gasteiger partial charge in [0.2, 0.25) is 0 Å². The van der Waals surface area contributed by atoms with E-state index in [9.17, 15) is 9.59 Å². The third kappa shape index (κ3) is 2.81. The van der Waals surface area contributed by atoms with Gasteiger partial charge in [-0.05, 0) is 43.4 Å². The fourth-order valence-corrected chi connectivity index (χ4v) is 4.93. The Labute approximate surface area is 135 Å². The van der Waals surface area contributed by atoms with Crippen LogP contribution in [-0.2, 0) is 9.53 Å². The van der Waals surface area contributed by atoms with E-state index in [1.807, 2.05) is 25.1 Å². The topological polar surface area (TPSA) is 43.4 Å². The number of esters is 1. The third-order valence-corrected chi connectivity index (χ3v) is 6.27. The van der Waals surface area contributed by atoms with Crippen molar-refractivity contribution in [2.45, 2.75) is 43.4 Å². The van der Waals surface area contributed by atoms with E-state index in [-0.39, 0.29) is 17.8 Å². The van der Waals surface area contributed by atoms with Crippen molar-refractivity contribution in [3.8, 4) is 0 Å². The molecule has 1 saturated carbocycles. The molecule has 3 nitrogen and oxygen atoms in total. The molecule has 0 radical (unpaired) electrons. The molecule has 4 heteroatoms. The lowest BCUT2D eigenvalue weighted by atomic mass is 9.76. The first kappa shape index (κ1) is 15.6. The molecule has 1 aliphatic heterocycles. The molecule has 1 heterocycles. The van der Waals surface area contributed by atoms with Crippen LogP contribution in [0, 0.1) is 11.8 Å². The predicted molar refractivity (Wildman–Crippen MR) is 87.4 cm³/mol. The van der Waals surface area contributed by atoms with Crippen molar-refractivity contribution in [3.05, 3.63) is 29.3 Å². The summed E-state index contributed by atoms with van der Waals surface area (Å²) in [6.45, 7) is 1.84. The highest BCUT2D eigenvalue weighted by Crippen LogP contribution is 2.42. The lowest BCUT2D eigenvalue weighted by molar-refractivity contribution is -0.141. The van der Waals surface area contributed by atoms with Gasteiger partial charge < -0.3 is 4.74 Å². The Bertz CT molecular complexity index is 596. The average molecular weight is 318 g/mol. The van der Waals surface area contributed by atoms with Crippen molar-refractivity contribution in [3.63, 3.8) is 0 Å². The van der Waals surface area contributed by atoms with E-state index in [0.29, 0.717) is 11.7 Å². The second kappa shape index (κ2) is 6.45. The van der Waals surface area contributed by atoms with Gasteiger partial charge in [0.1, 0.15) is 0 Å². The minimum absolute atomic E-state index is 0.200. The first-order valence-electron chi connectivity index (χ1n) is 8.00. The van der Waals surface area contributed by atoms with E-state index >= 15 is 0 Å². The van der Waals surface area contributed by atoms with Gasteiger partial charge >= 0.3 is 5.97 Å². The van der Waals surface area contributed by atoms with Gasteiger partial charge in [-0.3, -0.25) is 9.59 Å².